The zero-order chi connectivity index (χ0) is 13.2. The highest BCUT2D eigenvalue weighted by Gasteiger charge is 2.32. The molecule has 0 saturated carbocycles. The van der Waals surface area contributed by atoms with Crippen molar-refractivity contribution in [1.82, 2.24) is 4.90 Å². The summed E-state index contributed by atoms with van der Waals surface area (Å²) in [5.41, 5.74) is 6.95. The van der Waals surface area contributed by atoms with Crippen LogP contribution in [0.3, 0.4) is 0 Å². The van der Waals surface area contributed by atoms with Crippen molar-refractivity contribution in [2.75, 3.05) is 18.8 Å². The van der Waals surface area contributed by atoms with Crippen LogP contribution in [0.15, 0.2) is 30.3 Å². The molecule has 1 fully saturated rings. The van der Waals surface area contributed by atoms with Crippen molar-refractivity contribution in [2.24, 2.45) is 5.73 Å². The van der Waals surface area contributed by atoms with Crippen LogP contribution >= 0.6 is 11.8 Å². The van der Waals surface area contributed by atoms with Crippen LogP contribution in [0.5, 0.6) is 0 Å². The van der Waals surface area contributed by atoms with E-state index in [4.69, 9.17) is 5.73 Å². The van der Waals surface area contributed by atoms with E-state index in [-0.39, 0.29) is 10.7 Å². The molecule has 18 heavy (non-hydrogen) atoms. The highest BCUT2D eigenvalue weighted by molar-refractivity contribution is 8.00. The Hall–Kier alpha value is -1.00. The summed E-state index contributed by atoms with van der Waals surface area (Å²) < 4.78 is 0.129. The summed E-state index contributed by atoms with van der Waals surface area (Å²) in [6.45, 7) is 5.92. The van der Waals surface area contributed by atoms with Crippen LogP contribution in [-0.4, -0.2) is 34.4 Å². The van der Waals surface area contributed by atoms with Crippen molar-refractivity contribution < 1.29 is 4.79 Å². The molecule has 0 bridgehead atoms. The van der Waals surface area contributed by atoms with Crippen LogP contribution in [0, 0.1) is 0 Å². The van der Waals surface area contributed by atoms with Gasteiger partial charge in [0.1, 0.15) is 6.04 Å². The smallest absolute Gasteiger partial charge is 0.244 e. The molecule has 1 aromatic rings. The molecule has 1 aromatic carbocycles. The Bertz CT molecular complexity index is 419. The third-order valence-corrected chi connectivity index (χ3v) is 4.46. The van der Waals surface area contributed by atoms with Gasteiger partial charge in [0.15, 0.2) is 0 Å². The van der Waals surface area contributed by atoms with Gasteiger partial charge in [-0.3, -0.25) is 4.79 Å². The van der Waals surface area contributed by atoms with Gasteiger partial charge in [0, 0.05) is 23.6 Å². The SMILES string of the molecule is CC1(C)CN(C(=O)[C@H](N)c2ccccc2)CCS1. The highest BCUT2D eigenvalue weighted by atomic mass is 32.2. The lowest BCUT2D eigenvalue weighted by atomic mass is 10.1. The first kappa shape index (κ1) is 13.4. The van der Waals surface area contributed by atoms with E-state index in [1.54, 1.807) is 0 Å². The average Bonchev–Trinajstić information content (AvgIpc) is 2.37. The number of nitrogens with two attached hydrogens (primary N) is 1. The number of carbonyl (C=O) groups is 1. The predicted octanol–water partition coefficient (Wildman–Crippen LogP) is 2.04. The molecule has 1 aliphatic heterocycles. The Morgan fingerprint density at radius 1 is 1.39 bits per heavy atom. The molecule has 4 heteroatoms. The van der Waals surface area contributed by atoms with Crippen molar-refractivity contribution in [1.29, 1.82) is 0 Å². The van der Waals surface area contributed by atoms with Crippen molar-refractivity contribution >= 4 is 17.7 Å². The average molecular weight is 264 g/mol. The van der Waals surface area contributed by atoms with E-state index in [1.807, 2.05) is 47.0 Å². The molecule has 98 valence electrons. The number of rotatable bonds is 2. The molecule has 0 spiro atoms. The molecular formula is C14H20N2OS. The predicted molar refractivity (Wildman–Crippen MR) is 76.5 cm³/mol. The summed E-state index contributed by atoms with van der Waals surface area (Å²) in [5.74, 6) is 1.02. The van der Waals surface area contributed by atoms with E-state index in [1.165, 1.54) is 0 Å². The maximum absolute atomic E-state index is 12.4. The molecule has 1 atom stereocenters. The van der Waals surface area contributed by atoms with E-state index in [0.29, 0.717) is 0 Å². The lowest BCUT2D eigenvalue weighted by Gasteiger charge is -2.38. The standard InChI is InChI=1S/C14H20N2OS/c1-14(2)10-16(8-9-18-14)13(17)12(15)11-6-4-3-5-7-11/h3-7,12H,8-10,15H2,1-2H3/t12-/m1/s1. The van der Waals surface area contributed by atoms with Gasteiger partial charge >= 0.3 is 0 Å². The van der Waals surface area contributed by atoms with Crippen LogP contribution in [0.25, 0.3) is 0 Å². The van der Waals surface area contributed by atoms with E-state index < -0.39 is 6.04 Å². The van der Waals surface area contributed by atoms with Gasteiger partial charge in [0.05, 0.1) is 0 Å². The first-order valence-electron chi connectivity index (χ1n) is 6.23. The molecular weight excluding hydrogens is 244 g/mol. The summed E-state index contributed by atoms with van der Waals surface area (Å²) in [7, 11) is 0. The second-order valence-electron chi connectivity index (χ2n) is 5.26. The van der Waals surface area contributed by atoms with E-state index in [0.717, 1.165) is 24.4 Å². The third kappa shape index (κ3) is 3.06. The molecule has 3 nitrogen and oxygen atoms in total. The van der Waals surface area contributed by atoms with Gasteiger partial charge < -0.3 is 10.6 Å². The lowest BCUT2D eigenvalue weighted by Crippen LogP contribution is -2.49. The molecule has 0 unspecified atom stereocenters. The number of nitrogens with zero attached hydrogens (tertiary/aromatic N) is 1. The van der Waals surface area contributed by atoms with Crippen LogP contribution in [0.4, 0.5) is 0 Å². The fourth-order valence-corrected chi connectivity index (χ4v) is 3.32. The summed E-state index contributed by atoms with van der Waals surface area (Å²) >= 11 is 1.91. The number of amides is 1. The Morgan fingerprint density at radius 3 is 2.67 bits per heavy atom. The molecule has 2 rings (SSSR count). The monoisotopic (exact) mass is 264 g/mol. The quantitative estimate of drug-likeness (QED) is 0.889. The summed E-state index contributed by atoms with van der Waals surface area (Å²) in [6, 6.07) is 9.04. The van der Waals surface area contributed by atoms with Crippen molar-refractivity contribution in [3.63, 3.8) is 0 Å². The molecule has 1 aliphatic rings. The van der Waals surface area contributed by atoms with Gasteiger partial charge in [-0.15, -0.1) is 0 Å². The highest BCUT2D eigenvalue weighted by Crippen LogP contribution is 2.30. The van der Waals surface area contributed by atoms with Gasteiger partial charge in [-0.05, 0) is 19.4 Å². The number of thioether (sulfide) groups is 1. The minimum Gasteiger partial charge on any atom is -0.339 e. The first-order chi connectivity index (χ1) is 8.49. The largest absolute Gasteiger partial charge is 0.339 e. The molecule has 0 aromatic heterocycles. The fourth-order valence-electron chi connectivity index (χ4n) is 2.20. The van der Waals surface area contributed by atoms with Crippen molar-refractivity contribution in [3.8, 4) is 0 Å². The van der Waals surface area contributed by atoms with Gasteiger partial charge in [0.2, 0.25) is 5.91 Å². The van der Waals surface area contributed by atoms with Crippen LogP contribution < -0.4 is 5.73 Å². The maximum atomic E-state index is 12.4. The number of benzene rings is 1. The Kier molecular flexibility index (Phi) is 3.97. The maximum Gasteiger partial charge on any atom is 0.244 e. The summed E-state index contributed by atoms with van der Waals surface area (Å²) in [6.07, 6.45) is 0. The van der Waals surface area contributed by atoms with Crippen molar-refractivity contribution in [3.05, 3.63) is 35.9 Å². The normalized spacial score (nSPS) is 20.5. The Balaban J connectivity index is 2.07. The Labute approximate surface area is 113 Å². The van der Waals surface area contributed by atoms with E-state index in [2.05, 4.69) is 13.8 Å². The molecule has 2 N–H and O–H groups in total. The van der Waals surface area contributed by atoms with Crippen molar-refractivity contribution in [2.45, 2.75) is 24.6 Å². The minimum absolute atomic E-state index is 0.0366. The number of hydrogen-bond acceptors (Lipinski definition) is 3. The van der Waals surface area contributed by atoms with Gasteiger partial charge in [0.25, 0.3) is 0 Å². The van der Waals surface area contributed by atoms with Crippen LogP contribution in [-0.2, 0) is 4.79 Å². The number of hydrogen-bond donors (Lipinski definition) is 1. The zero-order valence-electron chi connectivity index (χ0n) is 10.9. The first-order valence-corrected chi connectivity index (χ1v) is 7.21. The lowest BCUT2D eigenvalue weighted by molar-refractivity contribution is -0.133. The van der Waals surface area contributed by atoms with Crippen LogP contribution in [0.2, 0.25) is 0 Å². The van der Waals surface area contributed by atoms with Gasteiger partial charge in [-0.25, -0.2) is 0 Å². The number of carbonyl (C=O) groups excluding carboxylic acids is 1. The second-order valence-corrected chi connectivity index (χ2v) is 7.06. The fraction of sp³-hybridized carbons (Fsp3) is 0.500. The molecule has 0 aliphatic carbocycles. The van der Waals surface area contributed by atoms with Gasteiger partial charge in [-0.2, -0.15) is 11.8 Å². The topological polar surface area (TPSA) is 46.3 Å². The Morgan fingerprint density at radius 2 is 2.06 bits per heavy atom. The third-order valence-electron chi connectivity index (χ3n) is 3.16. The molecule has 0 radical (unpaired) electrons. The summed E-state index contributed by atoms with van der Waals surface area (Å²) in [4.78, 5) is 14.3. The molecule has 1 saturated heterocycles. The second kappa shape index (κ2) is 5.33. The van der Waals surface area contributed by atoms with E-state index in [9.17, 15) is 4.79 Å². The zero-order valence-corrected chi connectivity index (χ0v) is 11.7. The van der Waals surface area contributed by atoms with Crippen LogP contribution in [0.1, 0.15) is 25.5 Å². The summed E-state index contributed by atoms with van der Waals surface area (Å²) in [5, 5.41) is 0. The minimum atomic E-state index is -0.537. The van der Waals surface area contributed by atoms with Gasteiger partial charge in [-0.1, -0.05) is 30.3 Å². The van der Waals surface area contributed by atoms with E-state index >= 15 is 0 Å². The molecule has 1 heterocycles. The molecule has 1 amide bonds.